The molecule has 3 aromatic rings. The molecule has 2 aliphatic rings. The number of piperazine rings is 1. The van der Waals surface area contributed by atoms with E-state index in [4.69, 9.17) is 23.6 Å². The molecule has 5 rings (SSSR count). The average Bonchev–Trinajstić information content (AvgIpc) is 3.41. The highest BCUT2D eigenvalue weighted by Crippen LogP contribution is 2.44. The fourth-order valence-electron chi connectivity index (χ4n) is 3.72. The van der Waals surface area contributed by atoms with E-state index in [1.165, 1.54) is 0 Å². The molecule has 2 aromatic heterocycles. The summed E-state index contributed by atoms with van der Waals surface area (Å²) in [5.41, 5.74) is 1.74. The third-order valence-electron chi connectivity index (χ3n) is 5.38. The van der Waals surface area contributed by atoms with E-state index in [2.05, 4.69) is 19.8 Å². The van der Waals surface area contributed by atoms with Gasteiger partial charge in [-0.25, -0.2) is 15.0 Å². The highest BCUT2D eigenvalue weighted by Gasteiger charge is 2.24. The van der Waals surface area contributed by atoms with Gasteiger partial charge in [0.25, 0.3) is 0 Å². The molecule has 0 unspecified atom stereocenters. The third-order valence-corrected chi connectivity index (χ3v) is 5.38. The zero-order chi connectivity index (χ0) is 20.5. The fraction of sp³-hybridized carbons (Fsp3) is 0.381. The van der Waals surface area contributed by atoms with Crippen LogP contribution in [0.2, 0.25) is 0 Å². The first kappa shape index (κ1) is 18.7. The fourth-order valence-corrected chi connectivity index (χ4v) is 3.72. The lowest BCUT2D eigenvalue weighted by atomic mass is 10.2. The summed E-state index contributed by atoms with van der Waals surface area (Å²) >= 11 is 0. The Labute approximate surface area is 174 Å². The van der Waals surface area contributed by atoms with Gasteiger partial charge in [0.1, 0.15) is 5.76 Å². The van der Waals surface area contributed by atoms with Crippen molar-refractivity contribution in [2.75, 3.05) is 45.0 Å². The Bertz CT molecular complexity index is 1030. The van der Waals surface area contributed by atoms with E-state index in [9.17, 15) is 0 Å². The first-order valence-corrected chi connectivity index (χ1v) is 9.90. The number of oxazole rings is 1. The zero-order valence-electron chi connectivity index (χ0n) is 17.0. The van der Waals surface area contributed by atoms with Crippen molar-refractivity contribution in [3.05, 3.63) is 42.0 Å². The molecule has 0 atom stereocenters. The van der Waals surface area contributed by atoms with Gasteiger partial charge in [-0.05, 0) is 25.1 Å². The van der Waals surface area contributed by atoms with Crippen LogP contribution in [0.4, 0.5) is 5.95 Å². The van der Waals surface area contributed by atoms with E-state index in [0.29, 0.717) is 23.1 Å². The summed E-state index contributed by atoms with van der Waals surface area (Å²) < 4.78 is 22.4. The molecule has 4 heterocycles. The monoisotopic (exact) mass is 409 g/mol. The summed E-state index contributed by atoms with van der Waals surface area (Å²) in [6.07, 6.45) is 3.56. The van der Waals surface area contributed by atoms with Gasteiger partial charge in [0, 0.05) is 50.7 Å². The van der Waals surface area contributed by atoms with Gasteiger partial charge in [0.05, 0.1) is 12.8 Å². The summed E-state index contributed by atoms with van der Waals surface area (Å²) in [4.78, 5) is 18.0. The lowest BCUT2D eigenvalue weighted by Gasteiger charge is -2.34. The van der Waals surface area contributed by atoms with Crippen LogP contribution in [-0.2, 0) is 6.54 Å². The molecule has 1 aromatic carbocycles. The van der Waals surface area contributed by atoms with Crippen molar-refractivity contribution in [3.8, 4) is 28.7 Å². The van der Waals surface area contributed by atoms with Gasteiger partial charge in [-0.2, -0.15) is 0 Å². The number of anilines is 1. The second-order valence-electron chi connectivity index (χ2n) is 7.25. The first-order valence-electron chi connectivity index (χ1n) is 9.90. The van der Waals surface area contributed by atoms with Gasteiger partial charge in [0.2, 0.25) is 24.4 Å². The van der Waals surface area contributed by atoms with Crippen LogP contribution >= 0.6 is 0 Å². The molecule has 9 nitrogen and oxygen atoms in total. The minimum absolute atomic E-state index is 0.186. The maximum Gasteiger partial charge on any atom is 0.231 e. The van der Waals surface area contributed by atoms with E-state index in [1.54, 1.807) is 19.5 Å². The van der Waals surface area contributed by atoms with Crippen molar-refractivity contribution in [2.45, 2.75) is 13.5 Å². The molecule has 156 valence electrons. The van der Waals surface area contributed by atoms with E-state index in [0.717, 1.165) is 55.7 Å². The Balaban J connectivity index is 1.29. The number of aromatic nitrogens is 3. The molecule has 0 radical (unpaired) electrons. The molecule has 0 bridgehead atoms. The number of rotatable bonds is 5. The van der Waals surface area contributed by atoms with Crippen LogP contribution in [0.1, 0.15) is 11.5 Å². The first-order chi connectivity index (χ1) is 14.7. The molecule has 0 spiro atoms. The molecule has 0 saturated carbocycles. The smallest absolute Gasteiger partial charge is 0.231 e. The molecule has 0 aliphatic carbocycles. The average molecular weight is 409 g/mol. The molecule has 9 heteroatoms. The maximum absolute atomic E-state index is 5.97. The van der Waals surface area contributed by atoms with Gasteiger partial charge >= 0.3 is 0 Å². The molecule has 1 fully saturated rings. The van der Waals surface area contributed by atoms with E-state index in [1.807, 2.05) is 25.1 Å². The normalized spacial score (nSPS) is 16.1. The number of nitrogens with zero attached hydrogens (tertiary/aromatic N) is 5. The summed E-state index contributed by atoms with van der Waals surface area (Å²) in [6.45, 7) is 6.46. The van der Waals surface area contributed by atoms with Crippen LogP contribution in [0.25, 0.3) is 11.5 Å². The number of fused-ring (bicyclic) bond motifs is 1. The Hall–Kier alpha value is -3.33. The molecule has 30 heavy (non-hydrogen) atoms. The molecular weight excluding hydrogens is 386 g/mol. The van der Waals surface area contributed by atoms with Crippen molar-refractivity contribution in [2.24, 2.45) is 0 Å². The largest absolute Gasteiger partial charge is 0.493 e. The zero-order valence-corrected chi connectivity index (χ0v) is 17.0. The Morgan fingerprint density at radius 3 is 2.63 bits per heavy atom. The number of aryl methyl sites for hydroxylation is 1. The minimum atomic E-state index is 0.186. The van der Waals surface area contributed by atoms with Crippen LogP contribution in [0, 0.1) is 6.92 Å². The predicted molar refractivity (Wildman–Crippen MR) is 109 cm³/mol. The Morgan fingerprint density at radius 2 is 1.87 bits per heavy atom. The van der Waals surface area contributed by atoms with Gasteiger partial charge in [-0.15, -0.1) is 0 Å². The Morgan fingerprint density at radius 1 is 1.07 bits per heavy atom. The van der Waals surface area contributed by atoms with E-state index in [-0.39, 0.29) is 6.79 Å². The number of ether oxygens (including phenoxy) is 3. The van der Waals surface area contributed by atoms with Crippen LogP contribution < -0.4 is 19.1 Å². The third kappa shape index (κ3) is 3.52. The molecular formula is C21H23N5O4. The molecule has 1 saturated heterocycles. The van der Waals surface area contributed by atoms with Crippen molar-refractivity contribution in [3.63, 3.8) is 0 Å². The van der Waals surface area contributed by atoms with Gasteiger partial charge < -0.3 is 23.5 Å². The van der Waals surface area contributed by atoms with E-state index >= 15 is 0 Å². The van der Waals surface area contributed by atoms with Gasteiger partial charge in [-0.1, -0.05) is 0 Å². The van der Waals surface area contributed by atoms with Gasteiger partial charge in [0.15, 0.2) is 11.5 Å². The van der Waals surface area contributed by atoms with Gasteiger partial charge in [-0.3, -0.25) is 4.90 Å². The second-order valence-corrected chi connectivity index (χ2v) is 7.25. The highest BCUT2D eigenvalue weighted by molar-refractivity contribution is 5.66. The Kier molecular flexibility index (Phi) is 4.88. The molecule has 0 amide bonds. The summed E-state index contributed by atoms with van der Waals surface area (Å²) in [5, 5.41) is 0. The summed E-state index contributed by atoms with van der Waals surface area (Å²) in [7, 11) is 1.60. The standard InChI is InChI=1S/C21H23N5O4/c1-14-16(12-25-6-8-26(9-7-25)21-22-4-3-5-23-21)24-20(30-14)15-10-17(27-2)19-18(11-15)28-13-29-19/h3-5,10-11H,6-9,12-13H2,1-2H3. The van der Waals surface area contributed by atoms with Crippen LogP contribution in [-0.4, -0.2) is 59.9 Å². The number of hydrogen-bond acceptors (Lipinski definition) is 9. The quantitative estimate of drug-likeness (QED) is 0.631. The van der Waals surface area contributed by atoms with Crippen molar-refractivity contribution in [1.29, 1.82) is 0 Å². The van der Waals surface area contributed by atoms with Crippen molar-refractivity contribution < 1.29 is 18.6 Å². The van der Waals surface area contributed by atoms with Crippen LogP contribution in [0.3, 0.4) is 0 Å². The summed E-state index contributed by atoms with van der Waals surface area (Å²) in [6, 6.07) is 5.57. The maximum atomic E-state index is 5.97. The SMILES string of the molecule is COc1cc(-c2nc(CN3CCN(c4ncccn4)CC3)c(C)o2)cc2c1OCO2. The van der Waals surface area contributed by atoms with Crippen molar-refractivity contribution >= 4 is 5.95 Å². The number of hydrogen-bond donors (Lipinski definition) is 0. The lowest BCUT2D eigenvalue weighted by Crippen LogP contribution is -2.46. The van der Waals surface area contributed by atoms with Crippen LogP contribution in [0.15, 0.2) is 35.0 Å². The number of methoxy groups -OCH3 is 1. The molecule has 0 N–H and O–H groups in total. The van der Waals surface area contributed by atoms with Crippen LogP contribution in [0.5, 0.6) is 17.2 Å². The second kappa shape index (κ2) is 7.83. The number of benzene rings is 1. The predicted octanol–water partition coefficient (Wildman–Crippen LogP) is 2.50. The summed E-state index contributed by atoms with van der Waals surface area (Å²) in [5.74, 6) is 4.02. The highest BCUT2D eigenvalue weighted by atomic mass is 16.7. The molecule has 2 aliphatic heterocycles. The lowest BCUT2D eigenvalue weighted by molar-refractivity contribution is 0.171. The van der Waals surface area contributed by atoms with Crippen molar-refractivity contribution in [1.82, 2.24) is 19.9 Å². The minimum Gasteiger partial charge on any atom is -0.493 e. The topological polar surface area (TPSA) is 86.0 Å². The van der Waals surface area contributed by atoms with E-state index < -0.39 is 0 Å².